The highest BCUT2D eigenvalue weighted by molar-refractivity contribution is 7.92. The highest BCUT2D eigenvalue weighted by atomic mass is 32.2. The van der Waals surface area contributed by atoms with Crippen LogP contribution in [0.5, 0.6) is 17.2 Å². The second-order valence-electron chi connectivity index (χ2n) is 7.46. The van der Waals surface area contributed by atoms with Crippen LogP contribution in [0.15, 0.2) is 53.4 Å². The number of sulfonamides is 1. The average molecular weight is 439 g/mol. The lowest BCUT2D eigenvalue weighted by molar-refractivity contribution is 0.102. The van der Waals surface area contributed by atoms with Crippen LogP contribution in [0.4, 0.5) is 11.4 Å². The van der Waals surface area contributed by atoms with Crippen molar-refractivity contribution in [3.8, 4) is 17.2 Å². The summed E-state index contributed by atoms with van der Waals surface area (Å²) in [6, 6.07) is 13.3. The molecule has 0 saturated heterocycles. The Balaban J connectivity index is 1.69. The Morgan fingerprint density at radius 1 is 0.935 bits per heavy atom. The Bertz CT molecular complexity index is 1320. The predicted molar refractivity (Wildman–Crippen MR) is 119 cm³/mol. The third kappa shape index (κ3) is 3.94. The van der Waals surface area contributed by atoms with E-state index in [0.717, 1.165) is 16.7 Å². The summed E-state index contributed by atoms with van der Waals surface area (Å²) in [6.45, 7) is 5.63. The van der Waals surface area contributed by atoms with Gasteiger partial charge in [-0.1, -0.05) is 6.07 Å². The maximum Gasteiger partial charge on any atom is 0.265 e. The van der Waals surface area contributed by atoms with E-state index in [1.807, 2.05) is 32.9 Å². The molecule has 0 saturated carbocycles. The molecule has 0 aromatic heterocycles. The number of hydrogen-bond acceptors (Lipinski definition) is 5. The fraction of sp³-hybridized carbons (Fsp3) is 0.174. The van der Waals surface area contributed by atoms with Crippen molar-refractivity contribution in [1.29, 1.82) is 0 Å². The second kappa shape index (κ2) is 7.63. The normalized spacial score (nSPS) is 12.7. The van der Waals surface area contributed by atoms with Gasteiger partial charge in [-0.15, -0.1) is 0 Å². The summed E-state index contributed by atoms with van der Waals surface area (Å²) in [4.78, 5) is 12.8. The summed E-state index contributed by atoms with van der Waals surface area (Å²) in [6.07, 6.45) is 0. The molecular formula is C23H22N2O5S. The lowest BCUT2D eigenvalue weighted by atomic mass is 10.1. The van der Waals surface area contributed by atoms with Gasteiger partial charge >= 0.3 is 0 Å². The average Bonchev–Trinajstić information content (AvgIpc) is 2.85. The molecule has 31 heavy (non-hydrogen) atoms. The highest BCUT2D eigenvalue weighted by Crippen LogP contribution is 2.37. The van der Waals surface area contributed by atoms with E-state index in [0.29, 0.717) is 17.2 Å². The van der Waals surface area contributed by atoms with Crippen LogP contribution in [0.3, 0.4) is 0 Å². The van der Waals surface area contributed by atoms with Gasteiger partial charge in [0.1, 0.15) is 16.4 Å². The molecule has 0 fully saturated rings. The maximum atomic E-state index is 13.1. The number of nitrogens with one attached hydrogen (secondary N) is 2. The summed E-state index contributed by atoms with van der Waals surface area (Å²) >= 11 is 0. The second-order valence-corrected chi connectivity index (χ2v) is 9.11. The van der Waals surface area contributed by atoms with E-state index in [-0.39, 0.29) is 27.8 Å². The Morgan fingerprint density at radius 3 is 2.39 bits per heavy atom. The van der Waals surface area contributed by atoms with Crippen LogP contribution >= 0.6 is 0 Å². The van der Waals surface area contributed by atoms with Gasteiger partial charge in [0.2, 0.25) is 0 Å². The van der Waals surface area contributed by atoms with Crippen molar-refractivity contribution < 1.29 is 22.7 Å². The number of carbonyl (C=O) groups is 1. The number of benzene rings is 3. The number of fused-ring (bicyclic) bond motifs is 2. The zero-order valence-electron chi connectivity index (χ0n) is 17.6. The summed E-state index contributed by atoms with van der Waals surface area (Å²) < 4.78 is 39.8. The summed E-state index contributed by atoms with van der Waals surface area (Å²) in [5.74, 6) is 0.721. The lowest BCUT2D eigenvalue weighted by Gasteiger charge is -2.15. The molecule has 4 rings (SSSR count). The molecule has 1 heterocycles. The minimum absolute atomic E-state index is 0.0247. The monoisotopic (exact) mass is 438 g/mol. The first-order valence-electron chi connectivity index (χ1n) is 9.60. The standard InChI is InChI=1S/C23H22N2O5S/c1-13-5-7-20-18(9-13)24-23(26)17-12-16(6-8-19(17)30-20)25-31(27,28)22-11-15(3)14(2)10-21(22)29-4/h5-12,25H,1-4H3,(H,24,26). The fourth-order valence-corrected chi connectivity index (χ4v) is 4.63. The van der Waals surface area contributed by atoms with Gasteiger partial charge in [-0.2, -0.15) is 0 Å². The van der Waals surface area contributed by atoms with Crippen LogP contribution in [0.2, 0.25) is 0 Å². The van der Waals surface area contributed by atoms with E-state index >= 15 is 0 Å². The Morgan fingerprint density at radius 2 is 1.65 bits per heavy atom. The van der Waals surface area contributed by atoms with Crippen molar-refractivity contribution in [3.05, 3.63) is 70.8 Å². The predicted octanol–water partition coefficient (Wildman–Crippen LogP) is 4.78. The topological polar surface area (TPSA) is 93.7 Å². The first kappa shape index (κ1) is 20.7. The van der Waals surface area contributed by atoms with Crippen LogP contribution in [0, 0.1) is 20.8 Å². The van der Waals surface area contributed by atoms with Gasteiger partial charge in [0.15, 0.2) is 5.75 Å². The van der Waals surface area contributed by atoms with Crippen LogP contribution in [0.1, 0.15) is 27.0 Å². The van der Waals surface area contributed by atoms with Gasteiger partial charge in [-0.25, -0.2) is 8.42 Å². The summed E-state index contributed by atoms with van der Waals surface area (Å²) in [5, 5.41) is 2.81. The molecule has 1 amide bonds. The number of carbonyl (C=O) groups excluding carboxylic acids is 1. The van der Waals surface area contributed by atoms with Gasteiger partial charge in [-0.3, -0.25) is 9.52 Å². The van der Waals surface area contributed by atoms with Crippen molar-refractivity contribution in [3.63, 3.8) is 0 Å². The number of hydrogen-bond donors (Lipinski definition) is 2. The molecule has 3 aromatic rings. The molecule has 7 nitrogen and oxygen atoms in total. The van der Waals surface area contributed by atoms with E-state index in [1.54, 1.807) is 30.3 Å². The van der Waals surface area contributed by atoms with Gasteiger partial charge in [0.25, 0.3) is 15.9 Å². The van der Waals surface area contributed by atoms with Gasteiger partial charge in [-0.05, 0) is 79.9 Å². The van der Waals surface area contributed by atoms with Gasteiger partial charge < -0.3 is 14.8 Å². The minimum atomic E-state index is -3.96. The molecule has 1 aliphatic heterocycles. The SMILES string of the molecule is COc1cc(C)c(C)cc1S(=O)(=O)Nc1ccc2c(c1)C(=O)Nc1cc(C)ccc1O2. The van der Waals surface area contributed by atoms with E-state index in [4.69, 9.17) is 9.47 Å². The molecule has 0 radical (unpaired) electrons. The molecule has 0 spiro atoms. The van der Waals surface area contributed by atoms with Crippen LogP contribution in [0.25, 0.3) is 0 Å². The van der Waals surface area contributed by atoms with E-state index in [1.165, 1.54) is 13.2 Å². The quantitative estimate of drug-likeness (QED) is 0.611. The van der Waals surface area contributed by atoms with E-state index in [2.05, 4.69) is 10.0 Å². The summed E-state index contributed by atoms with van der Waals surface area (Å²) in [5.41, 5.74) is 3.74. The smallest absolute Gasteiger partial charge is 0.265 e. The van der Waals surface area contributed by atoms with Crippen LogP contribution in [-0.2, 0) is 10.0 Å². The minimum Gasteiger partial charge on any atom is -0.495 e. The maximum absolute atomic E-state index is 13.1. The third-order valence-corrected chi connectivity index (χ3v) is 6.55. The number of anilines is 2. The third-order valence-electron chi connectivity index (χ3n) is 5.15. The number of rotatable bonds is 4. The lowest BCUT2D eigenvalue weighted by Crippen LogP contribution is -2.16. The van der Waals surface area contributed by atoms with Crippen LogP contribution < -0.4 is 19.5 Å². The first-order valence-corrected chi connectivity index (χ1v) is 11.1. The number of amides is 1. The Kier molecular flexibility index (Phi) is 5.10. The number of methoxy groups -OCH3 is 1. The first-order chi connectivity index (χ1) is 14.7. The molecule has 0 atom stereocenters. The Hall–Kier alpha value is -3.52. The Labute approximate surface area is 181 Å². The summed E-state index contributed by atoms with van der Waals surface area (Å²) in [7, 11) is -2.53. The fourth-order valence-electron chi connectivity index (χ4n) is 3.34. The molecule has 8 heteroatoms. The zero-order chi connectivity index (χ0) is 22.3. The zero-order valence-corrected chi connectivity index (χ0v) is 18.4. The number of aryl methyl sites for hydroxylation is 3. The molecule has 2 N–H and O–H groups in total. The molecule has 160 valence electrons. The highest BCUT2D eigenvalue weighted by Gasteiger charge is 2.24. The largest absolute Gasteiger partial charge is 0.495 e. The molecule has 3 aromatic carbocycles. The van der Waals surface area contributed by atoms with E-state index < -0.39 is 10.0 Å². The van der Waals surface area contributed by atoms with Crippen molar-refractivity contribution in [1.82, 2.24) is 0 Å². The van der Waals surface area contributed by atoms with E-state index in [9.17, 15) is 13.2 Å². The molecule has 0 aliphatic carbocycles. The van der Waals surface area contributed by atoms with Crippen molar-refractivity contribution >= 4 is 27.3 Å². The molecular weight excluding hydrogens is 416 g/mol. The molecule has 1 aliphatic rings. The van der Waals surface area contributed by atoms with Gasteiger partial charge in [0, 0.05) is 5.69 Å². The van der Waals surface area contributed by atoms with Gasteiger partial charge in [0.05, 0.1) is 18.4 Å². The van der Waals surface area contributed by atoms with Crippen LogP contribution in [-0.4, -0.2) is 21.4 Å². The molecule has 0 bridgehead atoms. The number of ether oxygens (including phenoxy) is 2. The van der Waals surface area contributed by atoms with Crippen molar-refractivity contribution in [2.45, 2.75) is 25.7 Å². The molecule has 0 unspecified atom stereocenters. The van der Waals surface area contributed by atoms with Crippen molar-refractivity contribution in [2.24, 2.45) is 0 Å². The van der Waals surface area contributed by atoms with Crippen molar-refractivity contribution in [2.75, 3.05) is 17.1 Å².